The van der Waals surface area contributed by atoms with Crippen LogP contribution in [0.5, 0.6) is 0 Å². The maximum atomic E-state index is 13.2. The van der Waals surface area contributed by atoms with Crippen LogP contribution < -0.4 is 5.32 Å². The van der Waals surface area contributed by atoms with Gasteiger partial charge in [0.05, 0.1) is 23.0 Å². The van der Waals surface area contributed by atoms with Gasteiger partial charge in [-0.05, 0) is 42.2 Å². The lowest BCUT2D eigenvalue weighted by atomic mass is 10.2. The third kappa shape index (κ3) is 5.64. The number of hydrogen-bond donors (Lipinski definition) is 2. The molecule has 12 heteroatoms. The third-order valence-corrected chi connectivity index (χ3v) is 8.36. The van der Waals surface area contributed by atoms with Gasteiger partial charge in [-0.2, -0.15) is 12.7 Å². The number of nitrogens with one attached hydrogen (secondary N) is 1. The first-order valence-corrected chi connectivity index (χ1v) is 13.2. The number of sulfonamides is 1. The van der Waals surface area contributed by atoms with Gasteiger partial charge in [-0.1, -0.05) is 13.0 Å². The van der Waals surface area contributed by atoms with Crippen molar-refractivity contribution >= 4 is 43.5 Å². The molecule has 0 unspecified atom stereocenters. The van der Waals surface area contributed by atoms with E-state index >= 15 is 0 Å². The lowest BCUT2D eigenvalue weighted by molar-refractivity contribution is 0.0729. The van der Waals surface area contributed by atoms with Crippen molar-refractivity contribution in [2.45, 2.75) is 21.6 Å². The monoisotopic (exact) mass is 486 g/mol. The molecule has 0 saturated carbocycles. The fourth-order valence-corrected chi connectivity index (χ4v) is 6.19. The number of benzene rings is 2. The van der Waals surface area contributed by atoms with E-state index in [2.05, 4.69) is 5.32 Å². The molecule has 168 valence electrons. The molecule has 1 amide bonds. The summed E-state index contributed by atoms with van der Waals surface area (Å²) in [4.78, 5) is 13.0. The van der Waals surface area contributed by atoms with E-state index in [-0.39, 0.29) is 34.1 Å². The van der Waals surface area contributed by atoms with Gasteiger partial charge in [0.15, 0.2) is 0 Å². The summed E-state index contributed by atoms with van der Waals surface area (Å²) in [6.07, 6.45) is 0. The van der Waals surface area contributed by atoms with E-state index in [9.17, 15) is 26.2 Å². The van der Waals surface area contributed by atoms with Gasteiger partial charge < -0.3 is 10.1 Å². The average molecular weight is 487 g/mol. The number of hydrogen-bond acceptors (Lipinski definition) is 7. The lowest BCUT2D eigenvalue weighted by Crippen LogP contribution is -2.40. The van der Waals surface area contributed by atoms with Crippen molar-refractivity contribution in [2.24, 2.45) is 0 Å². The Morgan fingerprint density at radius 1 is 1.13 bits per heavy atom. The standard InChI is InChI=1S/C19H22N2O7S3/c1-2-29-17-7-6-14(12-18(17)30(23,24)21-8-10-28-11-9-21)19(22)20-15-4-3-5-16(13-15)31(25,26)27/h3-7,12-13H,2,8-11H2,1H3,(H,20,22)(H,25,26,27). The van der Waals surface area contributed by atoms with E-state index in [0.717, 1.165) is 6.07 Å². The molecule has 1 aliphatic heterocycles. The second kappa shape index (κ2) is 9.67. The molecule has 31 heavy (non-hydrogen) atoms. The number of nitrogens with zero attached hydrogens (tertiary/aromatic N) is 1. The molecule has 1 heterocycles. The molecule has 3 rings (SSSR count). The van der Waals surface area contributed by atoms with Gasteiger partial charge >= 0.3 is 0 Å². The molecule has 0 spiro atoms. The van der Waals surface area contributed by atoms with Gasteiger partial charge in [0.25, 0.3) is 16.0 Å². The van der Waals surface area contributed by atoms with Crippen LogP contribution in [0.4, 0.5) is 5.69 Å². The predicted octanol–water partition coefficient (Wildman–Crippen LogP) is 2.32. The van der Waals surface area contributed by atoms with Crippen LogP contribution in [0, 0.1) is 0 Å². The van der Waals surface area contributed by atoms with Crippen LogP contribution in [0.25, 0.3) is 0 Å². The third-order valence-electron chi connectivity index (χ3n) is 4.48. The summed E-state index contributed by atoms with van der Waals surface area (Å²) in [5.74, 6) is 0.0403. The van der Waals surface area contributed by atoms with Gasteiger partial charge in [0.1, 0.15) is 0 Å². The maximum absolute atomic E-state index is 13.2. The normalized spacial score (nSPS) is 15.5. The summed E-state index contributed by atoms with van der Waals surface area (Å²) < 4.78 is 64.8. The Balaban J connectivity index is 1.93. The predicted molar refractivity (Wildman–Crippen MR) is 117 cm³/mol. The highest BCUT2D eigenvalue weighted by molar-refractivity contribution is 8.00. The highest BCUT2D eigenvalue weighted by Crippen LogP contribution is 2.30. The van der Waals surface area contributed by atoms with Crippen LogP contribution in [-0.4, -0.2) is 63.7 Å². The lowest BCUT2D eigenvalue weighted by Gasteiger charge is -2.27. The zero-order chi connectivity index (χ0) is 22.6. The van der Waals surface area contributed by atoms with E-state index in [0.29, 0.717) is 23.9 Å². The molecular weight excluding hydrogens is 464 g/mol. The topological polar surface area (TPSA) is 130 Å². The number of carbonyl (C=O) groups excluding carboxylic acids is 1. The number of thioether (sulfide) groups is 1. The van der Waals surface area contributed by atoms with Gasteiger partial charge in [-0.15, -0.1) is 11.8 Å². The number of amides is 1. The first-order chi connectivity index (χ1) is 14.6. The number of morpholine rings is 1. The minimum atomic E-state index is -4.43. The molecule has 9 nitrogen and oxygen atoms in total. The van der Waals surface area contributed by atoms with Crippen molar-refractivity contribution in [3.05, 3.63) is 48.0 Å². The summed E-state index contributed by atoms with van der Waals surface area (Å²) >= 11 is 1.36. The Hall–Kier alpha value is -1.96. The van der Waals surface area contributed by atoms with Crippen LogP contribution in [0.15, 0.2) is 57.2 Å². The van der Waals surface area contributed by atoms with E-state index < -0.39 is 26.0 Å². The molecule has 2 aromatic rings. The van der Waals surface area contributed by atoms with Crippen LogP contribution >= 0.6 is 11.8 Å². The summed E-state index contributed by atoms with van der Waals surface area (Å²) in [7, 11) is -8.26. The first-order valence-electron chi connectivity index (χ1n) is 9.36. The van der Waals surface area contributed by atoms with Crippen molar-refractivity contribution in [1.82, 2.24) is 4.31 Å². The van der Waals surface area contributed by atoms with Gasteiger partial charge in [-0.3, -0.25) is 9.35 Å². The zero-order valence-corrected chi connectivity index (χ0v) is 19.1. The molecule has 2 aromatic carbocycles. The summed E-state index contributed by atoms with van der Waals surface area (Å²) in [5.41, 5.74) is 0.245. The Morgan fingerprint density at radius 3 is 2.48 bits per heavy atom. The quantitative estimate of drug-likeness (QED) is 0.450. The van der Waals surface area contributed by atoms with Gasteiger partial charge in [0, 0.05) is 29.2 Å². The Kier molecular flexibility index (Phi) is 7.39. The minimum Gasteiger partial charge on any atom is -0.379 e. The van der Waals surface area contributed by atoms with Crippen molar-refractivity contribution < 1.29 is 30.9 Å². The fraction of sp³-hybridized carbons (Fsp3) is 0.316. The van der Waals surface area contributed by atoms with Crippen molar-refractivity contribution in [3.63, 3.8) is 0 Å². The van der Waals surface area contributed by atoms with Crippen molar-refractivity contribution in [3.8, 4) is 0 Å². The number of carbonyl (C=O) groups is 1. The molecule has 0 bridgehead atoms. The molecular formula is C19H22N2O7S3. The summed E-state index contributed by atoms with van der Waals surface area (Å²) in [6.45, 7) is 2.98. The largest absolute Gasteiger partial charge is 0.379 e. The SMILES string of the molecule is CCSc1ccc(C(=O)Nc2cccc(S(=O)(=O)O)c2)cc1S(=O)(=O)N1CCOCC1. The second-order valence-corrected chi connectivity index (χ2v) is 11.2. The van der Waals surface area contributed by atoms with Crippen LogP contribution in [0.1, 0.15) is 17.3 Å². The summed E-state index contributed by atoms with van der Waals surface area (Å²) in [6, 6.07) is 9.55. The number of anilines is 1. The Labute approximate surface area is 185 Å². The first kappa shape index (κ1) is 23.7. The smallest absolute Gasteiger partial charge is 0.294 e. The fourth-order valence-electron chi connectivity index (χ4n) is 2.99. The Bertz CT molecular complexity index is 1170. The van der Waals surface area contributed by atoms with E-state index in [1.807, 2.05) is 6.92 Å². The molecule has 1 saturated heterocycles. The second-order valence-electron chi connectivity index (χ2n) is 6.57. The highest BCUT2D eigenvalue weighted by Gasteiger charge is 2.29. The molecule has 0 atom stereocenters. The highest BCUT2D eigenvalue weighted by atomic mass is 32.2. The van der Waals surface area contributed by atoms with Crippen LogP contribution in [0.3, 0.4) is 0 Å². The van der Waals surface area contributed by atoms with Crippen LogP contribution in [0.2, 0.25) is 0 Å². The van der Waals surface area contributed by atoms with E-state index in [1.54, 1.807) is 6.07 Å². The maximum Gasteiger partial charge on any atom is 0.294 e. The summed E-state index contributed by atoms with van der Waals surface area (Å²) in [5, 5.41) is 2.53. The molecule has 1 aliphatic rings. The molecule has 0 aromatic heterocycles. The molecule has 2 N–H and O–H groups in total. The molecule has 0 radical (unpaired) electrons. The number of rotatable bonds is 7. The van der Waals surface area contributed by atoms with E-state index in [1.165, 1.54) is 46.4 Å². The van der Waals surface area contributed by atoms with E-state index in [4.69, 9.17) is 4.74 Å². The Morgan fingerprint density at radius 2 is 1.84 bits per heavy atom. The molecule has 0 aliphatic carbocycles. The zero-order valence-electron chi connectivity index (χ0n) is 16.6. The van der Waals surface area contributed by atoms with Crippen molar-refractivity contribution in [2.75, 3.05) is 37.4 Å². The van der Waals surface area contributed by atoms with Gasteiger partial charge in [0.2, 0.25) is 10.0 Å². The molecule has 1 fully saturated rings. The van der Waals surface area contributed by atoms with Crippen molar-refractivity contribution in [1.29, 1.82) is 0 Å². The minimum absolute atomic E-state index is 0.0422. The van der Waals surface area contributed by atoms with Crippen LogP contribution in [-0.2, 0) is 24.9 Å². The average Bonchev–Trinajstić information content (AvgIpc) is 2.74. The number of ether oxygens (including phenoxy) is 1. The van der Waals surface area contributed by atoms with Gasteiger partial charge in [-0.25, -0.2) is 8.42 Å².